The van der Waals surface area contributed by atoms with Gasteiger partial charge in [0.1, 0.15) is 0 Å². The van der Waals surface area contributed by atoms with Gasteiger partial charge in [-0.05, 0) is 18.6 Å². The van der Waals surface area contributed by atoms with Crippen molar-refractivity contribution in [2.24, 2.45) is 0 Å². The summed E-state index contributed by atoms with van der Waals surface area (Å²) < 4.78 is 11.8. The van der Waals surface area contributed by atoms with Gasteiger partial charge in [-0.2, -0.15) is 0 Å². The van der Waals surface area contributed by atoms with E-state index in [0.717, 1.165) is 16.1 Å². The summed E-state index contributed by atoms with van der Waals surface area (Å²) in [5, 5.41) is 0. The zero-order chi connectivity index (χ0) is 8.97. The topological polar surface area (TPSA) is 26.0 Å². The molecular weight excluding hydrogens is 173 g/mol. The lowest BCUT2D eigenvalue weighted by molar-refractivity contribution is 0.533. The average molecular weight is 185 g/mol. The van der Waals surface area contributed by atoms with Gasteiger partial charge in [-0.25, -0.2) is 0 Å². The first-order chi connectivity index (χ1) is 5.75. The monoisotopic (exact) mass is 185 g/mol. The van der Waals surface area contributed by atoms with Gasteiger partial charge in [0.2, 0.25) is 0 Å². The first kappa shape index (κ1) is 9.39. The molecule has 0 unspecified atom stereocenters. The SMILES string of the molecule is Cc1cccc(SCCF)c1N. The molecule has 3 heteroatoms. The van der Waals surface area contributed by atoms with E-state index >= 15 is 0 Å². The molecule has 12 heavy (non-hydrogen) atoms. The lowest BCUT2D eigenvalue weighted by Gasteiger charge is -2.05. The molecule has 0 bridgehead atoms. The van der Waals surface area contributed by atoms with Crippen molar-refractivity contribution >= 4 is 17.4 Å². The van der Waals surface area contributed by atoms with E-state index in [9.17, 15) is 4.39 Å². The number of para-hydroxylation sites is 1. The molecule has 0 heterocycles. The summed E-state index contributed by atoms with van der Waals surface area (Å²) in [4.78, 5) is 0.979. The molecule has 0 aliphatic rings. The van der Waals surface area contributed by atoms with E-state index in [1.54, 1.807) is 0 Å². The van der Waals surface area contributed by atoms with Gasteiger partial charge in [-0.3, -0.25) is 4.39 Å². The second-order valence-electron chi connectivity index (χ2n) is 2.52. The number of hydrogen-bond donors (Lipinski definition) is 1. The van der Waals surface area contributed by atoms with E-state index in [0.29, 0.717) is 5.75 Å². The number of anilines is 1. The van der Waals surface area contributed by atoms with E-state index in [1.807, 2.05) is 25.1 Å². The fraction of sp³-hybridized carbons (Fsp3) is 0.333. The zero-order valence-corrected chi connectivity index (χ0v) is 7.83. The molecule has 0 radical (unpaired) electrons. The minimum absolute atomic E-state index is 0.307. The van der Waals surface area contributed by atoms with Gasteiger partial charge in [0, 0.05) is 16.3 Å². The third-order valence-corrected chi connectivity index (χ3v) is 2.64. The molecule has 1 aromatic carbocycles. The summed E-state index contributed by atoms with van der Waals surface area (Å²) in [6.45, 7) is 1.65. The van der Waals surface area contributed by atoms with Gasteiger partial charge in [-0.15, -0.1) is 11.8 Å². The highest BCUT2D eigenvalue weighted by atomic mass is 32.2. The fourth-order valence-electron chi connectivity index (χ4n) is 0.928. The summed E-state index contributed by atoms with van der Waals surface area (Å²) in [6.07, 6.45) is 0. The summed E-state index contributed by atoms with van der Waals surface area (Å²) in [5.41, 5.74) is 7.61. The highest BCUT2D eigenvalue weighted by Crippen LogP contribution is 2.26. The number of aryl methyl sites for hydroxylation is 1. The van der Waals surface area contributed by atoms with Crippen LogP contribution in [0.2, 0.25) is 0 Å². The second-order valence-corrected chi connectivity index (χ2v) is 3.66. The van der Waals surface area contributed by atoms with Gasteiger partial charge in [0.05, 0.1) is 6.67 Å². The average Bonchev–Trinajstić information content (AvgIpc) is 2.08. The standard InChI is InChI=1S/C9H12FNS/c1-7-3-2-4-8(9(7)11)12-6-5-10/h2-4H,5-6,11H2,1H3. The van der Waals surface area contributed by atoms with Crippen molar-refractivity contribution < 1.29 is 4.39 Å². The fourth-order valence-corrected chi connectivity index (χ4v) is 1.72. The first-order valence-corrected chi connectivity index (χ1v) is 4.78. The lowest BCUT2D eigenvalue weighted by atomic mass is 10.2. The Morgan fingerprint density at radius 3 is 2.92 bits per heavy atom. The Balaban J connectivity index is 2.78. The van der Waals surface area contributed by atoms with Crippen molar-refractivity contribution in [2.75, 3.05) is 18.2 Å². The minimum Gasteiger partial charge on any atom is -0.398 e. The molecule has 0 aromatic heterocycles. The van der Waals surface area contributed by atoms with E-state index in [4.69, 9.17) is 5.73 Å². The number of benzene rings is 1. The Hall–Kier alpha value is -0.700. The third kappa shape index (κ3) is 2.14. The molecule has 66 valence electrons. The Morgan fingerprint density at radius 1 is 1.50 bits per heavy atom. The Kier molecular flexibility index (Phi) is 3.41. The van der Waals surface area contributed by atoms with Gasteiger partial charge < -0.3 is 5.73 Å². The van der Waals surface area contributed by atoms with Crippen LogP contribution in [0.4, 0.5) is 10.1 Å². The maximum atomic E-state index is 11.8. The molecule has 0 saturated heterocycles. The van der Waals surface area contributed by atoms with E-state index in [1.165, 1.54) is 11.8 Å². The van der Waals surface area contributed by atoms with Crippen LogP contribution in [0.5, 0.6) is 0 Å². The Bertz CT molecular complexity index is 263. The van der Waals surface area contributed by atoms with Crippen molar-refractivity contribution in [2.45, 2.75) is 11.8 Å². The van der Waals surface area contributed by atoms with Crippen molar-refractivity contribution in [3.05, 3.63) is 23.8 Å². The van der Waals surface area contributed by atoms with Gasteiger partial charge in [-0.1, -0.05) is 12.1 Å². The van der Waals surface area contributed by atoms with Crippen molar-refractivity contribution in [3.8, 4) is 0 Å². The number of rotatable bonds is 3. The van der Waals surface area contributed by atoms with Crippen LogP contribution in [0.25, 0.3) is 0 Å². The number of hydrogen-bond acceptors (Lipinski definition) is 2. The quantitative estimate of drug-likeness (QED) is 0.578. The van der Waals surface area contributed by atoms with Gasteiger partial charge in [0.25, 0.3) is 0 Å². The van der Waals surface area contributed by atoms with E-state index in [2.05, 4.69) is 0 Å². The summed E-state index contributed by atoms with van der Waals surface area (Å²) in [5.74, 6) is 0.480. The van der Waals surface area contributed by atoms with Crippen LogP contribution in [0.3, 0.4) is 0 Å². The van der Waals surface area contributed by atoms with Gasteiger partial charge in [0.15, 0.2) is 0 Å². The molecule has 1 aromatic rings. The number of nitrogens with two attached hydrogens (primary N) is 1. The van der Waals surface area contributed by atoms with E-state index in [-0.39, 0.29) is 6.67 Å². The smallest absolute Gasteiger partial charge is 0.0988 e. The maximum absolute atomic E-state index is 11.8. The summed E-state index contributed by atoms with van der Waals surface area (Å²) >= 11 is 1.46. The molecule has 0 amide bonds. The molecule has 0 aliphatic carbocycles. The maximum Gasteiger partial charge on any atom is 0.0988 e. The molecular formula is C9H12FNS. The summed E-state index contributed by atoms with van der Waals surface area (Å²) in [7, 11) is 0. The molecule has 0 spiro atoms. The molecule has 1 rings (SSSR count). The molecule has 0 saturated carbocycles. The van der Waals surface area contributed by atoms with Gasteiger partial charge >= 0.3 is 0 Å². The van der Waals surface area contributed by atoms with Crippen LogP contribution < -0.4 is 5.73 Å². The van der Waals surface area contributed by atoms with E-state index < -0.39 is 0 Å². The largest absolute Gasteiger partial charge is 0.398 e. The molecule has 0 aliphatic heterocycles. The number of thioether (sulfide) groups is 1. The van der Waals surface area contributed by atoms with Crippen LogP contribution in [0.15, 0.2) is 23.1 Å². The first-order valence-electron chi connectivity index (χ1n) is 3.79. The highest BCUT2D eigenvalue weighted by Gasteiger charge is 2.00. The second kappa shape index (κ2) is 4.36. The number of alkyl halides is 1. The van der Waals surface area contributed by atoms with Crippen LogP contribution in [0.1, 0.15) is 5.56 Å². The molecule has 1 nitrogen and oxygen atoms in total. The highest BCUT2D eigenvalue weighted by molar-refractivity contribution is 7.99. The van der Waals surface area contributed by atoms with Crippen LogP contribution in [-0.2, 0) is 0 Å². The molecule has 0 atom stereocenters. The van der Waals surface area contributed by atoms with Crippen LogP contribution in [0, 0.1) is 6.92 Å². The lowest BCUT2D eigenvalue weighted by Crippen LogP contribution is -1.92. The van der Waals surface area contributed by atoms with Crippen LogP contribution in [-0.4, -0.2) is 12.4 Å². The third-order valence-electron chi connectivity index (χ3n) is 1.62. The molecule has 2 N–H and O–H groups in total. The van der Waals surface area contributed by atoms with Crippen molar-refractivity contribution in [1.29, 1.82) is 0 Å². The minimum atomic E-state index is -0.307. The van der Waals surface area contributed by atoms with Crippen molar-refractivity contribution in [3.63, 3.8) is 0 Å². The zero-order valence-electron chi connectivity index (χ0n) is 7.01. The van der Waals surface area contributed by atoms with Crippen LogP contribution >= 0.6 is 11.8 Å². The Morgan fingerprint density at radius 2 is 2.25 bits per heavy atom. The molecule has 0 fully saturated rings. The predicted octanol–water partition coefficient (Wildman–Crippen LogP) is 2.64. The predicted molar refractivity (Wildman–Crippen MR) is 52.3 cm³/mol. The normalized spacial score (nSPS) is 10.2. The van der Waals surface area contributed by atoms with Crippen molar-refractivity contribution in [1.82, 2.24) is 0 Å². The Labute approximate surface area is 76.2 Å². The number of halogens is 1. The summed E-state index contributed by atoms with van der Waals surface area (Å²) in [6, 6.07) is 5.81. The number of nitrogen functional groups attached to an aromatic ring is 1.